The van der Waals surface area contributed by atoms with Crippen molar-refractivity contribution in [3.8, 4) is 5.75 Å². The maximum atomic E-state index is 11.6. The van der Waals surface area contributed by atoms with Gasteiger partial charge in [0.15, 0.2) is 4.33 Å². The van der Waals surface area contributed by atoms with Gasteiger partial charge in [0.25, 0.3) is 5.91 Å². The number of hydrogen-bond acceptors (Lipinski definition) is 2. The summed E-state index contributed by atoms with van der Waals surface area (Å²) in [7, 11) is 0. The van der Waals surface area contributed by atoms with Crippen molar-refractivity contribution >= 4 is 34.8 Å². The Morgan fingerprint density at radius 1 is 1.44 bits per heavy atom. The third-order valence-corrected chi connectivity index (χ3v) is 3.07. The normalized spacial score (nSPS) is 16.9. The number of nitrogens with one attached hydrogen (secondary N) is 1. The third-order valence-electron chi connectivity index (χ3n) is 2.73. The van der Waals surface area contributed by atoms with E-state index in [-0.39, 0.29) is 5.60 Å². The van der Waals surface area contributed by atoms with Crippen LogP contribution in [0.1, 0.15) is 26.3 Å². The van der Waals surface area contributed by atoms with E-state index in [2.05, 4.69) is 5.32 Å². The predicted octanol–water partition coefficient (Wildman–Crippen LogP) is 3.53. The number of rotatable bonds is 2. The maximum absolute atomic E-state index is 11.6. The van der Waals surface area contributed by atoms with Crippen molar-refractivity contribution in [2.24, 2.45) is 0 Å². The Hall–Kier alpha value is -0.930. The first-order chi connectivity index (χ1) is 8.17. The molecule has 0 unspecified atom stereocenters. The summed E-state index contributed by atoms with van der Waals surface area (Å²) in [4.78, 5) is 11.6. The van der Waals surface area contributed by atoms with Crippen LogP contribution in [0.25, 0.3) is 0 Å². The van der Waals surface area contributed by atoms with Crippen LogP contribution in [0.4, 0.5) is 5.69 Å². The molecule has 1 aromatic rings. The topological polar surface area (TPSA) is 38.3 Å². The SMILES string of the molecule is CC1(C)Cc2ccc(NC(=O)C(C)(Cl)Cl)cc2O1. The second-order valence-corrected chi connectivity index (χ2v) is 6.91. The Labute approximate surface area is 116 Å². The van der Waals surface area contributed by atoms with Gasteiger partial charge in [-0.3, -0.25) is 4.79 Å². The number of carbonyl (C=O) groups is 1. The summed E-state index contributed by atoms with van der Waals surface area (Å²) in [6.45, 7) is 5.48. The van der Waals surface area contributed by atoms with Crippen molar-refractivity contribution in [1.82, 2.24) is 0 Å². The van der Waals surface area contributed by atoms with Gasteiger partial charge in [-0.15, -0.1) is 0 Å². The van der Waals surface area contributed by atoms with Gasteiger partial charge < -0.3 is 10.1 Å². The number of alkyl halides is 2. The fourth-order valence-electron chi connectivity index (χ4n) is 1.91. The van der Waals surface area contributed by atoms with Gasteiger partial charge in [-0.05, 0) is 32.4 Å². The minimum atomic E-state index is -1.45. The van der Waals surface area contributed by atoms with Crippen LogP contribution in [0.2, 0.25) is 0 Å². The number of fused-ring (bicyclic) bond motifs is 1. The minimum absolute atomic E-state index is 0.196. The van der Waals surface area contributed by atoms with Gasteiger partial charge in [0, 0.05) is 18.2 Å². The average molecular weight is 288 g/mol. The molecule has 1 aliphatic heterocycles. The number of amides is 1. The maximum Gasteiger partial charge on any atom is 0.260 e. The van der Waals surface area contributed by atoms with Gasteiger partial charge in [0.2, 0.25) is 0 Å². The van der Waals surface area contributed by atoms with Gasteiger partial charge in [-0.25, -0.2) is 0 Å². The van der Waals surface area contributed by atoms with Gasteiger partial charge >= 0.3 is 0 Å². The Balaban J connectivity index is 2.17. The van der Waals surface area contributed by atoms with Crippen LogP contribution >= 0.6 is 23.2 Å². The first kappa shape index (κ1) is 13.5. The molecule has 18 heavy (non-hydrogen) atoms. The molecule has 0 aliphatic carbocycles. The summed E-state index contributed by atoms with van der Waals surface area (Å²) >= 11 is 11.4. The fraction of sp³-hybridized carbons (Fsp3) is 0.462. The van der Waals surface area contributed by atoms with Gasteiger partial charge in [-0.2, -0.15) is 0 Å². The molecular weight excluding hydrogens is 273 g/mol. The lowest BCUT2D eigenvalue weighted by molar-refractivity contribution is -0.116. The van der Waals surface area contributed by atoms with Crippen molar-refractivity contribution in [1.29, 1.82) is 0 Å². The monoisotopic (exact) mass is 287 g/mol. The highest BCUT2D eigenvalue weighted by atomic mass is 35.5. The highest BCUT2D eigenvalue weighted by molar-refractivity contribution is 6.58. The van der Waals surface area contributed by atoms with E-state index in [9.17, 15) is 4.79 Å². The molecule has 0 aromatic heterocycles. The quantitative estimate of drug-likeness (QED) is 0.845. The summed E-state index contributed by atoms with van der Waals surface area (Å²) in [5.41, 5.74) is 1.57. The second-order valence-electron chi connectivity index (χ2n) is 5.20. The third kappa shape index (κ3) is 2.90. The van der Waals surface area contributed by atoms with E-state index in [0.29, 0.717) is 5.69 Å². The molecule has 0 radical (unpaired) electrons. The first-order valence-electron chi connectivity index (χ1n) is 5.69. The molecule has 1 amide bonds. The van der Waals surface area contributed by atoms with E-state index >= 15 is 0 Å². The molecule has 0 saturated heterocycles. The molecule has 3 nitrogen and oxygen atoms in total. The molecular formula is C13H15Cl2NO2. The smallest absolute Gasteiger partial charge is 0.260 e. The van der Waals surface area contributed by atoms with E-state index in [1.807, 2.05) is 26.0 Å². The second kappa shape index (κ2) is 4.32. The summed E-state index contributed by atoms with van der Waals surface area (Å²) in [6, 6.07) is 5.56. The van der Waals surface area contributed by atoms with E-state index in [1.54, 1.807) is 6.07 Å². The molecule has 98 valence electrons. The highest BCUT2D eigenvalue weighted by Crippen LogP contribution is 2.36. The van der Waals surface area contributed by atoms with E-state index < -0.39 is 10.2 Å². The molecule has 2 rings (SSSR count). The average Bonchev–Trinajstić information content (AvgIpc) is 2.49. The number of halogens is 2. The van der Waals surface area contributed by atoms with Gasteiger partial charge in [0.05, 0.1) is 0 Å². The zero-order valence-corrected chi connectivity index (χ0v) is 12.0. The molecule has 0 saturated carbocycles. The molecule has 1 heterocycles. The molecule has 0 spiro atoms. The van der Waals surface area contributed by atoms with Crippen molar-refractivity contribution < 1.29 is 9.53 Å². The van der Waals surface area contributed by atoms with Crippen LogP contribution in [0, 0.1) is 0 Å². The van der Waals surface area contributed by atoms with Crippen molar-refractivity contribution in [3.05, 3.63) is 23.8 Å². The first-order valence-corrected chi connectivity index (χ1v) is 6.44. The number of hydrogen-bond donors (Lipinski definition) is 1. The van der Waals surface area contributed by atoms with Crippen LogP contribution in [0.3, 0.4) is 0 Å². The Morgan fingerprint density at radius 3 is 2.72 bits per heavy atom. The van der Waals surface area contributed by atoms with Gasteiger partial charge in [-0.1, -0.05) is 29.3 Å². The standard InChI is InChI=1S/C13H15Cl2NO2/c1-12(2)7-8-4-5-9(6-10(8)18-12)16-11(17)13(3,14)15/h4-6H,7H2,1-3H3,(H,16,17). The largest absolute Gasteiger partial charge is 0.487 e. The summed E-state index contributed by atoms with van der Waals surface area (Å²) in [5, 5.41) is 2.66. The molecule has 5 heteroatoms. The summed E-state index contributed by atoms with van der Waals surface area (Å²) in [6.07, 6.45) is 0.860. The van der Waals surface area contributed by atoms with Crippen LogP contribution in [-0.4, -0.2) is 15.8 Å². The van der Waals surface area contributed by atoms with Crippen LogP contribution < -0.4 is 10.1 Å². The Bertz CT molecular complexity index is 492. The van der Waals surface area contributed by atoms with Crippen molar-refractivity contribution in [3.63, 3.8) is 0 Å². The number of anilines is 1. The Morgan fingerprint density at radius 2 is 2.11 bits per heavy atom. The van der Waals surface area contributed by atoms with Gasteiger partial charge in [0.1, 0.15) is 11.4 Å². The van der Waals surface area contributed by atoms with Crippen molar-refractivity contribution in [2.75, 3.05) is 5.32 Å². The lowest BCUT2D eigenvalue weighted by Crippen LogP contribution is -2.29. The predicted molar refractivity (Wildman–Crippen MR) is 73.6 cm³/mol. The van der Waals surface area contributed by atoms with Crippen molar-refractivity contribution in [2.45, 2.75) is 37.1 Å². The zero-order valence-electron chi connectivity index (χ0n) is 10.5. The minimum Gasteiger partial charge on any atom is -0.487 e. The number of ether oxygens (including phenoxy) is 1. The van der Waals surface area contributed by atoms with Crippen LogP contribution in [-0.2, 0) is 11.2 Å². The van der Waals surface area contributed by atoms with Crippen LogP contribution in [0.5, 0.6) is 5.75 Å². The summed E-state index contributed by atoms with van der Waals surface area (Å²) in [5.74, 6) is 0.340. The van der Waals surface area contributed by atoms with E-state index in [4.69, 9.17) is 27.9 Å². The van der Waals surface area contributed by atoms with E-state index in [1.165, 1.54) is 6.92 Å². The molecule has 0 fully saturated rings. The Kier molecular flexibility index (Phi) is 3.24. The molecule has 1 N–H and O–H groups in total. The molecule has 1 aromatic carbocycles. The summed E-state index contributed by atoms with van der Waals surface area (Å²) < 4.78 is 4.34. The lowest BCUT2D eigenvalue weighted by atomic mass is 10.0. The van der Waals surface area contributed by atoms with Crippen LogP contribution in [0.15, 0.2) is 18.2 Å². The molecule has 0 atom stereocenters. The van der Waals surface area contributed by atoms with E-state index in [0.717, 1.165) is 17.7 Å². The molecule has 1 aliphatic rings. The lowest BCUT2D eigenvalue weighted by Gasteiger charge is -2.17. The molecule has 0 bridgehead atoms. The number of benzene rings is 1. The zero-order chi connectivity index (χ0) is 13.6. The highest BCUT2D eigenvalue weighted by Gasteiger charge is 2.31. The fourth-order valence-corrected chi connectivity index (χ4v) is 2.00. The number of carbonyl (C=O) groups excluding carboxylic acids is 1.